The summed E-state index contributed by atoms with van der Waals surface area (Å²) in [7, 11) is 0. The number of phenols is 1. The van der Waals surface area contributed by atoms with Crippen molar-refractivity contribution in [1.29, 1.82) is 0 Å². The maximum Gasteiger partial charge on any atom is 0.218 e. The van der Waals surface area contributed by atoms with Gasteiger partial charge in [-0.1, -0.05) is 57.2 Å². The molecule has 0 aliphatic carbocycles. The Morgan fingerprint density at radius 2 is 1.59 bits per heavy atom. The lowest BCUT2D eigenvalue weighted by molar-refractivity contribution is -0.118. The summed E-state index contributed by atoms with van der Waals surface area (Å²) in [5, 5.41) is 12.4. The van der Waals surface area contributed by atoms with E-state index in [-0.39, 0.29) is 17.1 Å². The van der Waals surface area contributed by atoms with Gasteiger partial charge in [0.2, 0.25) is 12.3 Å². The first-order chi connectivity index (χ1) is 16.2. The molecule has 7 nitrogen and oxygen atoms in total. The van der Waals surface area contributed by atoms with Gasteiger partial charge in [0.1, 0.15) is 5.75 Å². The van der Waals surface area contributed by atoms with Crippen molar-refractivity contribution in [2.24, 2.45) is 11.1 Å². The SMILES string of the molecule is CC(C)(C)CN(CCc1ccc(O)c(NC=O)c1)CCN(CCC(N)=O)CCc1ccccc1. The van der Waals surface area contributed by atoms with Gasteiger partial charge in [0, 0.05) is 45.7 Å². The molecule has 0 radical (unpaired) electrons. The highest BCUT2D eigenvalue weighted by Crippen LogP contribution is 2.24. The number of hydrogen-bond donors (Lipinski definition) is 3. The minimum Gasteiger partial charge on any atom is -0.506 e. The molecule has 0 aromatic heterocycles. The van der Waals surface area contributed by atoms with Crippen molar-refractivity contribution >= 4 is 18.0 Å². The average molecular weight is 469 g/mol. The minimum absolute atomic E-state index is 0.0610. The Labute approximate surface area is 203 Å². The number of benzene rings is 2. The zero-order valence-corrected chi connectivity index (χ0v) is 20.8. The first kappa shape index (κ1) is 27.3. The molecule has 0 aliphatic heterocycles. The first-order valence-electron chi connectivity index (χ1n) is 12.0. The molecular weight excluding hydrogens is 428 g/mol. The van der Waals surface area contributed by atoms with Gasteiger partial charge in [-0.2, -0.15) is 0 Å². The van der Waals surface area contributed by atoms with Crippen LogP contribution < -0.4 is 11.1 Å². The lowest BCUT2D eigenvalue weighted by Crippen LogP contribution is -2.41. The van der Waals surface area contributed by atoms with E-state index in [1.807, 2.05) is 30.3 Å². The van der Waals surface area contributed by atoms with Crippen molar-refractivity contribution in [2.45, 2.75) is 40.0 Å². The molecule has 186 valence electrons. The molecule has 2 aromatic rings. The summed E-state index contributed by atoms with van der Waals surface area (Å²) in [6, 6.07) is 15.7. The number of nitrogens with two attached hydrogens (primary N) is 1. The quantitative estimate of drug-likeness (QED) is 0.275. The van der Waals surface area contributed by atoms with Crippen molar-refractivity contribution in [2.75, 3.05) is 44.6 Å². The van der Waals surface area contributed by atoms with E-state index in [2.05, 4.69) is 48.0 Å². The number of carbonyl (C=O) groups excluding carboxylic acids is 2. The van der Waals surface area contributed by atoms with Gasteiger partial charge in [0.15, 0.2) is 0 Å². The topological polar surface area (TPSA) is 98.9 Å². The predicted molar refractivity (Wildman–Crippen MR) is 138 cm³/mol. The molecule has 2 rings (SSSR count). The molecule has 0 aliphatic rings. The average Bonchev–Trinajstić information content (AvgIpc) is 2.78. The van der Waals surface area contributed by atoms with Gasteiger partial charge in [-0.05, 0) is 41.5 Å². The van der Waals surface area contributed by atoms with Crippen LogP contribution in [0.1, 0.15) is 38.3 Å². The van der Waals surface area contributed by atoms with Crippen LogP contribution >= 0.6 is 0 Å². The van der Waals surface area contributed by atoms with Gasteiger partial charge >= 0.3 is 0 Å². The van der Waals surface area contributed by atoms with Crippen LogP contribution in [0, 0.1) is 5.41 Å². The molecule has 0 fully saturated rings. The zero-order valence-electron chi connectivity index (χ0n) is 20.8. The Morgan fingerprint density at radius 1 is 0.941 bits per heavy atom. The van der Waals surface area contributed by atoms with Gasteiger partial charge in [-0.3, -0.25) is 9.59 Å². The van der Waals surface area contributed by atoms with Crippen LogP contribution in [0.2, 0.25) is 0 Å². The Balaban J connectivity index is 2.01. The van der Waals surface area contributed by atoms with Crippen molar-refractivity contribution in [1.82, 2.24) is 9.80 Å². The molecule has 0 heterocycles. The molecule has 0 spiro atoms. The molecular formula is C27H40N4O3. The van der Waals surface area contributed by atoms with E-state index in [9.17, 15) is 14.7 Å². The molecule has 34 heavy (non-hydrogen) atoms. The lowest BCUT2D eigenvalue weighted by Gasteiger charge is -2.32. The first-order valence-corrected chi connectivity index (χ1v) is 12.0. The standard InChI is InChI=1S/C27H40N4O3/c1-27(2,3)20-31(15-12-23-9-10-25(33)24(19-23)29-21-32)18-17-30(16-13-26(28)34)14-11-22-7-5-4-6-8-22/h4-10,19,21,33H,11-18,20H2,1-3H3,(H2,28,34)(H,29,32). The van der Waals surface area contributed by atoms with Crippen molar-refractivity contribution in [3.63, 3.8) is 0 Å². The van der Waals surface area contributed by atoms with E-state index in [1.165, 1.54) is 5.56 Å². The van der Waals surface area contributed by atoms with Crippen LogP contribution in [0.4, 0.5) is 5.69 Å². The maximum absolute atomic E-state index is 11.4. The van der Waals surface area contributed by atoms with Crippen LogP contribution in [0.3, 0.4) is 0 Å². The van der Waals surface area contributed by atoms with E-state index in [4.69, 9.17) is 5.73 Å². The summed E-state index contributed by atoms with van der Waals surface area (Å²) in [4.78, 5) is 26.9. The third-order valence-corrected chi connectivity index (χ3v) is 5.66. The lowest BCUT2D eigenvalue weighted by atomic mass is 9.95. The second kappa shape index (κ2) is 13.7. The Kier molecular flexibility index (Phi) is 11.0. The Morgan fingerprint density at radius 3 is 2.24 bits per heavy atom. The number of nitrogens with one attached hydrogen (secondary N) is 1. The van der Waals surface area contributed by atoms with Crippen molar-refractivity contribution < 1.29 is 14.7 Å². The van der Waals surface area contributed by atoms with E-state index in [0.717, 1.165) is 51.1 Å². The maximum atomic E-state index is 11.4. The number of nitrogens with zero attached hydrogens (tertiary/aromatic N) is 2. The molecule has 2 aromatic carbocycles. The Hall–Kier alpha value is -2.90. The van der Waals surface area contributed by atoms with Gasteiger partial charge in [0.05, 0.1) is 5.69 Å². The van der Waals surface area contributed by atoms with Crippen LogP contribution in [0.15, 0.2) is 48.5 Å². The zero-order chi connectivity index (χ0) is 25.0. The van der Waals surface area contributed by atoms with Gasteiger partial charge in [-0.15, -0.1) is 0 Å². The highest BCUT2D eigenvalue weighted by atomic mass is 16.3. The Bertz CT molecular complexity index is 896. The van der Waals surface area contributed by atoms with E-state index >= 15 is 0 Å². The highest BCUT2D eigenvalue weighted by molar-refractivity contribution is 5.75. The number of carbonyl (C=O) groups is 2. The molecule has 0 atom stereocenters. The van der Waals surface area contributed by atoms with E-state index in [1.54, 1.807) is 6.07 Å². The third-order valence-electron chi connectivity index (χ3n) is 5.66. The van der Waals surface area contributed by atoms with Gasteiger partial charge < -0.3 is 26.0 Å². The van der Waals surface area contributed by atoms with Crippen LogP contribution in [-0.4, -0.2) is 66.5 Å². The number of anilines is 1. The molecule has 0 saturated heterocycles. The number of phenolic OH excluding ortho intramolecular Hbond substituents is 1. The number of rotatable bonds is 15. The fourth-order valence-corrected chi connectivity index (χ4v) is 3.96. The molecule has 0 saturated carbocycles. The van der Waals surface area contributed by atoms with Crippen molar-refractivity contribution in [3.8, 4) is 5.75 Å². The van der Waals surface area contributed by atoms with E-state index < -0.39 is 0 Å². The molecule has 7 heteroatoms. The summed E-state index contributed by atoms with van der Waals surface area (Å²) >= 11 is 0. The summed E-state index contributed by atoms with van der Waals surface area (Å²) in [6.07, 6.45) is 2.66. The largest absolute Gasteiger partial charge is 0.506 e. The van der Waals surface area contributed by atoms with E-state index in [0.29, 0.717) is 25.1 Å². The molecule has 2 amide bonds. The predicted octanol–water partition coefficient (Wildman–Crippen LogP) is 3.27. The summed E-state index contributed by atoms with van der Waals surface area (Å²) in [5.41, 5.74) is 8.32. The number of aromatic hydroxyl groups is 1. The van der Waals surface area contributed by atoms with Crippen LogP contribution in [0.5, 0.6) is 5.75 Å². The smallest absolute Gasteiger partial charge is 0.218 e. The number of primary amides is 1. The second-order valence-electron chi connectivity index (χ2n) is 9.99. The fourth-order valence-electron chi connectivity index (χ4n) is 3.96. The van der Waals surface area contributed by atoms with Crippen molar-refractivity contribution in [3.05, 3.63) is 59.7 Å². The minimum atomic E-state index is -0.275. The fraction of sp³-hybridized carbons (Fsp3) is 0.481. The molecule has 0 unspecified atom stereocenters. The highest BCUT2D eigenvalue weighted by Gasteiger charge is 2.18. The number of hydrogen-bond acceptors (Lipinski definition) is 5. The van der Waals surface area contributed by atoms with Gasteiger partial charge in [0.25, 0.3) is 0 Å². The monoisotopic (exact) mass is 468 g/mol. The van der Waals surface area contributed by atoms with Gasteiger partial charge in [-0.25, -0.2) is 0 Å². The van der Waals surface area contributed by atoms with Crippen LogP contribution in [0.25, 0.3) is 0 Å². The normalized spacial score (nSPS) is 11.7. The summed E-state index contributed by atoms with van der Waals surface area (Å²) < 4.78 is 0. The van der Waals surface area contributed by atoms with Crippen LogP contribution in [-0.2, 0) is 22.4 Å². The molecule has 4 N–H and O–H groups in total. The summed E-state index contributed by atoms with van der Waals surface area (Å²) in [6.45, 7) is 11.7. The second-order valence-corrected chi connectivity index (χ2v) is 9.99. The number of amides is 2. The molecule has 0 bridgehead atoms. The summed E-state index contributed by atoms with van der Waals surface area (Å²) in [5.74, 6) is -0.214. The third kappa shape index (κ3) is 10.8.